The molecular weight excluding hydrogens is 453 g/mol. The summed E-state index contributed by atoms with van der Waals surface area (Å²) in [7, 11) is 0. The van der Waals surface area contributed by atoms with Gasteiger partial charge in [-0.05, 0) is 58.7 Å². The van der Waals surface area contributed by atoms with Crippen LogP contribution in [0.2, 0.25) is 0 Å². The first-order chi connectivity index (χ1) is 13.8. The number of ether oxygens (including phenoxy) is 1. The van der Waals surface area contributed by atoms with Gasteiger partial charge in [0.2, 0.25) is 5.91 Å². The molecule has 0 heterocycles. The van der Waals surface area contributed by atoms with E-state index >= 15 is 0 Å². The van der Waals surface area contributed by atoms with Gasteiger partial charge in [0, 0.05) is 25.1 Å². The Kier molecular flexibility index (Phi) is 8.50. The fourth-order valence-electron chi connectivity index (χ4n) is 2.36. The summed E-state index contributed by atoms with van der Waals surface area (Å²) >= 11 is 3.37. The van der Waals surface area contributed by atoms with Crippen molar-refractivity contribution in [1.29, 1.82) is 0 Å². The first-order valence-electron chi connectivity index (χ1n) is 8.87. The molecule has 0 bridgehead atoms. The average molecular weight is 473 g/mol. The molecule has 0 atom stereocenters. The quantitative estimate of drug-likeness (QED) is 0.538. The summed E-state index contributed by atoms with van der Waals surface area (Å²) in [4.78, 5) is 23.7. The summed E-state index contributed by atoms with van der Waals surface area (Å²) in [5.41, 5.74) is -0.696. The Morgan fingerprint density at radius 1 is 0.966 bits per heavy atom. The summed E-state index contributed by atoms with van der Waals surface area (Å²) < 4.78 is 43.9. The lowest BCUT2D eigenvalue weighted by molar-refractivity contribution is -0.137. The molecule has 29 heavy (non-hydrogen) atoms. The molecule has 2 rings (SSSR count). The molecule has 2 N–H and O–H groups in total. The van der Waals surface area contributed by atoms with Crippen LogP contribution >= 0.6 is 15.9 Å². The monoisotopic (exact) mass is 472 g/mol. The van der Waals surface area contributed by atoms with Crippen molar-refractivity contribution >= 4 is 27.7 Å². The van der Waals surface area contributed by atoms with Crippen LogP contribution in [0.1, 0.15) is 28.8 Å². The SMILES string of the molecule is O=C(CCCOc1ccccc1Br)NCCNC(=O)c1ccc(C(F)(F)F)cc1. The molecule has 0 fully saturated rings. The number of nitrogens with one attached hydrogen (secondary N) is 2. The van der Waals surface area contributed by atoms with Crippen molar-refractivity contribution in [1.82, 2.24) is 10.6 Å². The highest BCUT2D eigenvalue weighted by Gasteiger charge is 2.30. The molecule has 0 unspecified atom stereocenters. The molecule has 0 aliphatic rings. The van der Waals surface area contributed by atoms with Crippen LogP contribution < -0.4 is 15.4 Å². The molecule has 2 amide bonds. The number of alkyl halides is 3. The van der Waals surface area contributed by atoms with E-state index < -0.39 is 17.6 Å². The van der Waals surface area contributed by atoms with E-state index in [0.29, 0.717) is 18.8 Å². The van der Waals surface area contributed by atoms with E-state index in [1.165, 1.54) is 0 Å². The Hall–Kier alpha value is -2.55. The lowest BCUT2D eigenvalue weighted by Gasteiger charge is -2.10. The third kappa shape index (κ3) is 7.77. The van der Waals surface area contributed by atoms with E-state index in [4.69, 9.17) is 4.74 Å². The highest BCUT2D eigenvalue weighted by atomic mass is 79.9. The molecule has 5 nitrogen and oxygen atoms in total. The molecule has 9 heteroatoms. The van der Waals surface area contributed by atoms with Crippen molar-refractivity contribution in [3.8, 4) is 5.75 Å². The van der Waals surface area contributed by atoms with Gasteiger partial charge in [-0.25, -0.2) is 0 Å². The Morgan fingerprint density at radius 3 is 2.28 bits per heavy atom. The van der Waals surface area contributed by atoms with Gasteiger partial charge in [-0.3, -0.25) is 9.59 Å². The maximum atomic E-state index is 12.5. The van der Waals surface area contributed by atoms with Crippen molar-refractivity contribution in [3.63, 3.8) is 0 Å². The second kappa shape index (κ2) is 10.8. The van der Waals surface area contributed by atoms with E-state index in [9.17, 15) is 22.8 Å². The summed E-state index contributed by atoms with van der Waals surface area (Å²) in [5, 5.41) is 5.20. The van der Waals surface area contributed by atoms with Gasteiger partial charge in [-0.15, -0.1) is 0 Å². The average Bonchev–Trinajstić information content (AvgIpc) is 2.69. The number of hydrogen-bond donors (Lipinski definition) is 2. The predicted molar refractivity (Wildman–Crippen MR) is 106 cm³/mol. The van der Waals surface area contributed by atoms with Crippen LogP contribution in [0.25, 0.3) is 0 Å². The Bertz CT molecular complexity index is 826. The lowest BCUT2D eigenvalue weighted by atomic mass is 10.1. The molecular formula is C20H20BrF3N2O3. The zero-order valence-electron chi connectivity index (χ0n) is 15.4. The van der Waals surface area contributed by atoms with Crippen LogP contribution in [0.5, 0.6) is 5.75 Å². The number of rotatable bonds is 9. The molecule has 0 aliphatic heterocycles. The number of benzene rings is 2. The standard InChI is InChI=1S/C20H20BrF3N2O3/c21-16-4-1-2-5-17(16)29-13-3-6-18(27)25-11-12-26-19(28)14-7-9-15(10-8-14)20(22,23)24/h1-2,4-5,7-10H,3,6,11-13H2,(H,25,27)(H,26,28). The largest absolute Gasteiger partial charge is 0.492 e. The third-order valence-electron chi connectivity index (χ3n) is 3.85. The fourth-order valence-corrected chi connectivity index (χ4v) is 2.75. The number of para-hydroxylation sites is 1. The lowest BCUT2D eigenvalue weighted by Crippen LogP contribution is -2.34. The second-order valence-electron chi connectivity index (χ2n) is 6.06. The zero-order chi connectivity index (χ0) is 21.3. The van der Waals surface area contributed by atoms with Gasteiger partial charge < -0.3 is 15.4 Å². The number of hydrogen-bond acceptors (Lipinski definition) is 3. The van der Waals surface area contributed by atoms with Gasteiger partial charge in [0.15, 0.2) is 0 Å². The van der Waals surface area contributed by atoms with E-state index in [1.54, 1.807) is 0 Å². The summed E-state index contributed by atoms with van der Waals surface area (Å²) in [6.45, 7) is 0.774. The zero-order valence-corrected chi connectivity index (χ0v) is 17.0. The first-order valence-corrected chi connectivity index (χ1v) is 9.66. The molecule has 0 aromatic heterocycles. The van der Waals surface area contributed by atoms with Gasteiger partial charge in [-0.2, -0.15) is 13.2 Å². The number of halogens is 4. The second-order valence-corrected chi connectivity index (χ2v) is 6.92. The van der Waals surface area contributed by atoms with Crippen molar-refractivity contribution < 1.29 is 27.5 Å². The summed E-state index contributed by atoms with van der Waals surface area (Å²) in [5.74, 6) is 0.0261. The molecule has 0 saturated carbocycles. The van der Waals surface area contributed by atoms with Crippen molar-refractivity contribution in [2.24, 2.45) is 0 Å². The molecule has 0 saturated heterocycles. The van der Waals surface area contributed by atoms with Crippen molar-refractivity contribution in [2.75, 3.05) is 19.7 Å². The maximum absolute atomic E-state index is 12.5. The van der Waals surface area contributed by atoms with Crippen LogP contribution in [0, 0.1) is 0 Å². The number of carbonyl (C=O) groups is 2. The number of amides is 2. The molecule has 156 valence electrons. The minimum Gasteiger partial charge on any atom is -0.492 e. The van der Waals surface area contributed by atoms with Crippen LogP contribution in [-0.4, -0.2) is 31.5 Å². The van der Waals surface area contributed by atoms with Crippen LogP contribution in [-0.2, 0) is 11.0 Å². The Labute approximate surface area is 174 Å². The topological polar surface area (TPSA) is 67.4 Å². The Morgan fingerprint density at radius 2 is 1.62 bits per heavy atom. The van der Waals surface area contributed by atoms with Crippen molar-refractivity contribution in [2.45, 2.75) is 19.0 Å². The molecule has 0 aliphatic carbocycles. The summed E-state index contributed by atoms with van der Waals surface area (Å²) in [6.07, 6.45) is -3.63. The normalized spacial score (nSPS) is 11.0. The minimum atomic E-state index is -4.44. The number of carbonyl (C=O) groups excluding carboxylic acids is 2. The third-order valence-corrected chi connectivity index (χ3v) is 4.50. The maximum Gasteiger partial charge on any atom is 0.416 e. The van der Waals surface area contributed by atoms with Gasteiger partial charge in [0.05, 0.1) is 16.6 Å². The highest BCUT2D eigenvalue weighted by Crippen LogP contribution is 2.29. The van der Waals surface area contributed by atoms with Gasteiger partial charge in [0.25, 0.3) is 5.91 Å². The first kappa shape index (κ1) is 22.7. The predicted octanol–water partition coefficient (Wildman–Crippen LogP) is 4.17. The van der Waals surface area contributed by atoms with Gasteiger partial charge >= 0.3 is 6.18 Å². The molecule has 0 spiro atoms. The molecule has 2 aromatic rings. The Balaban J connectivity index is 1.60. The molecule has 0 radical (unpaired) electrons. The molecule has 2 aromatic carbocycles. The smallest absolute Gasteiger partial charge is 0.416 e. The highest BCUT2D eigenvalue weighted by molar-refractivity contribution is 9.10. The van der Waals surface area contributed by atoms with Gasteiger partial charge in [0.1, 0.15) is 5.75 Å². The van der Waals surface area contributed by atoms with Gasteiger partial charge in [-0.1, -0.05) is 12.1 Å². The van der Waals surface area contributed by atoms with Crippen LogP contribution in [0.3, 0.4) is 0 Å². The fraction of sp³-hybridized carbons (Fsp3) is 0.300. The van der Waals surface area contributed by atoms with Crippen LogP contribution in [0.4, 0.5) is 13.2 Å². The van der Waals surface area contributed by atoms with E-state index in [-0.39, 0.29) is 31.0 Å². The van der Waals surface area contributed by atoms with Crippen LogP contribution in [0.15, 0.2) is 53.0 Å². The van der Waals surface area contributed by atoms with Crippen molar-refractivity contribution in [3.05, 3.63) is 64.1 Å². The van der Waals surface area contributed by atoms with E-state index in [2.05, 4.69) is 26.6 Å². The minimum absolute atomic E-state index is 0.119. The van der Waals surface area contributed by atoms with E-state index in [1.807, 2.05) is 24.3 Å². The summed E-state index contributed by atoms with van der Waals surface area (Å²) in [6, 6.07) is 11.3. The van der Waals surface area contributed by atoms with E-state index in [0.717, 1.165) is 28.7 Å².